The van der Waals surface area contributed by atoms with Crippen LogP contribution in [0, 0.1) is 11.3 Å². The lowest BCUT2D eigenvalue weighted by Crippen LogP contribution is -2.43. The molecule has 2 aliphatic rings. The molecule has 1 unspecified atom stereocenters. The third-order valence-corrected chi connectivity index (χ3v) is 7.02. The quantitative estimate of drug-likeness (QED) is 0.855. The Morgan fingerprint density at radius 1 is 1.40 bits per heavy atom. The van der Waals surface area contributed by atoms with Gasteiger partial charge in [0.25, 0.3) is 0 Å². The Hall–Kier alpha value is -0.630. The standard InChI is InChI=1S/C16H20N2S2/c1-19-16(12-17)6-8-18(9-7-16)11-14-10-13-4-2-3-5-15(13)20-14/h2-5,14H,6-11H2,1H3. The van der Waals surface area contributed by atoms with Crippen molar-refractivity contribution in [2.45, 2.75) is 34.2 Å². The van der Waals surface area contributed by atoms with E-state index in [-0.39, 0.29) is 4.75 Å². The lowest BCUT2D eigenvalue weighted by atomic mass is 9.97. The Kier molecular flexibility index (Phi) is 4.30. The minimum absolute atomic E-state index is 0.123. The molecule has 2 heterocycles. The molecular weight excluding hydrogens is 284 g/mol. The Bertz CT molecular complexity index is 490. The molecule has 0 saturated carbocycles. The average molecular weight is 304 g/mol. The number of likely N-dealkylation sites (tertiary alicyclic amines) is 1. The van der Waals surface area contributed by atoms with E-state index in [2.05, 4.69) is 41.5 Å². The first-order valence-electron chi connectivity index (χ1n) is 7.18. The number of benzene rings is 1. The van der Waals surface area contributed by atoms with Crippen LogP contribution in [0.1, 0.15) is 18.4 Å². The van der Waals surface area contributed by atoms with Gasteiger partial charge in [-0.25, -0.2) is 0 Å². The molecule has 0 spiro atoms. The Labute approximate surface area is 129 Å². The molecule has 2 nitrogen and oxygen atoms in total. The van der Waals surface area contributed by atoms with Crippen molar-refractivity contribution in [3.05, 3.63) is 29.8 Å². The van der Waals surface area contributed by atoms with Gasteiger partial charge < -0.3 is 4.90 Å². The van der Waals surface area contributed by atoms with Crippen LogP contribution in [0.4, 0.5) is 0 Å². The molecule has 1 saturated heterocycles. The van der Waals surface area contributed by atoms with Gasteiger partial charge >= 0.3 is 0 Å². The monoisotopic (exact) mass is 304 g/mol. The zero-order chi connectivity index (χ0) is 14.0. The van der Waals surface area contributed by atoms with Crippen molar-refractivity contribution in [1.29, 1.82) is 5.26 Å². The molecule has 1 fully saturated rings. The third kappa shape index (κ3) is 2.86. The fourth-order valence-electron chi connectivity index (χ4n) is 3.10. The molecular formula is C16H20N2S2. The molecule has 0 radical (unpaired) electrons. The Morgan fingerprint density at radius 2 is 2.15 bits per heavy atom. The van der Waals surface area contributed by atoms with E-state index in [0.29, 0.717) is 5.25 Å². The summed E-state index contributed by atoms with van der Waals surface area (Å²) in [6, 6.07) is 11.3. The largest absolute Gasteiger partial charge is 0.302 e. The number of fused-ring (bicyclic) bond motifs is 1. The van der Waals surface area contributed by atoms with E-state index in [9.17, 15) is 5.26 Å². The maximum atomic E-state index is 9.34. The second-order valence-electron chi connectivity index (χ2n) is 5.66. The van der Waals surface area contributed by atoms with Gasteiger partial charge in [0.05, 0.1) is 6.07 Å². The lowest BCUT2D eigenvalue weighted by Gasteiger charge is -2.37. The third-order valence-electron chi connectivity index (χ3n) is 4.43. The number of hydrogen-bond donors (Lipinski definition) is 0. The van der Waals surface area contributed by atoms with E-state index in [4.69, 9.17) is 0 Å². The second kappa shape index (κ2) is 6.01. The topological polar surface area (TPSA) is 27.0 Å². The molecule has 1 atom stereocenters. The summed E-state index contributed by atoms with van der Waals surface area (Å²) in [7, 11) is 0. The highest BCUT2D eigenvalue weighted by molar-refractivity contribution is 8.00. The van der Waals surface area contributed by atoms with Gasteiger partial charge in [0.2, 0.25) is 0 Å². The maximum Gasteiger partial charge on any atom is 0.104 e. The van der Waals surface area contributed by atoms with Gasteiger partial charge in [-0.05, 0) is 37.1 Å². The van der Waals surface area contributed by atoms with Gasteiger partial charge in [0, 0.05) is 29.8 Å². The highest BCUT2D eigenvalue weighted by atomic mass is 32.2. The van der Waals surface area contributed by atoms with E-state index in [1.54, 1.807) is 11.8 Å². The summed E-state index contributed by atoms with van der Waals surface area (Å²) in [6.07, 6.45) is 5.29. The first-order chi connectivity index (χ1) is 9.74. The van der Waals surface area contributed by atoms with Crippen LogP contribution in [-0.4, -0.2) is 40.8 Å². The van der Waals surface area contributed by atoms with E-state index < -0.39 is 0 Å². The molecule has 4 heteroatoms. The average Bonchev–Trinajstić information content (AvgIpc) is 2.90. The predicted octanol–water partition coefficient (Wildman–Crippen LogP) is 3.42. The Morgan fingerprint density at radius 3 is 2.80 bits per heavy atom. The van der Waals surface area contributed by atoms with Crippen molar-refractivity contribution < 1.29 is 0 Å². The highest BCUT2D eigenvalue weighted by Crippen LogP contribution is 2.38. The van der Waals surface area contributed by atoms with Gasteiger partial charge in [-0.2, -0.15) is 5.26 Å². The van der Waals surface area contributed by atoms with E-state index in [0.717, 1.165) is 32.5 Å². The summed E-state index contributed by atoms with van der Waals surface area (Å²) in [6.45, 7) is 3.30. The van der Waals surface area contributed by atoms with Crippen LogP contribution in [0.5, 0.6) is 0 Å². The van der Waals surface area contributed by atoms with Crippen LogP contribution in [0.3, 0.4) is 0 Å². The van der Waals surface area contributed by atoms with Gasteiger partial charge in [-0.1, -0.05) is 18.2 Å². The predicted molar refractivity (Wildman–Crippen MR) is 87.3 cm³/mol. The molecule has 3 rings (SSSR count). The summed E-state index contributed by atoms with van der Waals surface area (Å²) < 4.78 is -0.123. The number of hydrogen-bond acceptors (Lipinski definition) is 4. The smallest absolute Gasteiger partial charge is 0.104 e. The van der Waals surface area contributed by atoms with Gasteiger partial charge in [0.15, 0.2) is 0 Å². The minimum Gasteiger partial charge on any atom is -0.302 e. The summed E-state index contributed by atoms with van der Waals surface area (Å²) in [4.78, 5) is 4.01. The van der Waals surface area contributed by atoms with Gasteiger partial charge in [0.1, 0.15) is 4.75 Å². The van der Waals surface area contributed by atoms with Crippen LogP contribution in [0.15, 0.2) is 29.2 Å². The van der Waals surface area contributed by atoms with Crippen LogP contribution in [0.2, 0.25) is 0 Å². The number of nitriles is 1. The van der Waals surface area contributed by atoms with Crippen LogP contribution in [-0.2, 0) is 6.42 Å². The molecule has 106 valence electrons. The van der Waals surface area contributed by atoms with Crippen molar-refractivity contribution in [1.82, 2.24) is 4.90 Å². The molecule has 1 aromatic carbocycles. The summed E-state index contributed by atoms with van der Waals surface area (Å²) in [5.74, 6) is 0. The zero-order valence-electron chi connectivity index (χ0n) is 11.8. The van der Waals surface area contributed by atoms with Crippen molar-refractivity contribution in [3.8, 4) is 6.07 Å². The normalized spacial score (nSPS) is 25.1. The molecule has 1 aromatic rings. The molecule has 0 amide bonds. The molecule has 0 N–H and O–H groups in total. The second-order valence-corrected chi connectivity index (χ2v) is 8.19. The minimum atomic E-state index is -0.123. The molecule has 0 bridgehead atoms. The van der Waals surface area contributed by atoms with Crippen LogP contribution >= 0.6 is 23.5 Å². The molecule has 20 heavy (non-hydrogen) atoms. The fraction of sp³-hybridized carbons (Fsp3) is 0.562. The summed E-state index contributed by atoms with van der Waals surface area (Å²) >= 11 is 3.76. The van der Waals surface area contributed by atoms with E-state index in [1.807, 2.05) is 11.8 Å². The van der Waals surface area contributed by atoms with E-state index >= 15 is 0 Å². The zero-order valence-corrected chi connectivity index (χ0v) is 13.5. The summed E-state index contributed by atoms with van der Waals surface area (Å²) in [5.41, 5.74) is 1.51. The fourth-order valence-corrected chi connectivity index (χ4v) is 5.15. The van der Waals surface area contributed by atoms with Crippen molar-refractivity contribution in [2.24, 2.45) is 0 Å². The first-order valence-corrected chi connectivity index (χ1v) is 9.28. The number of rotatable bonds is 3. The first kappa shape index (κ1) is 14.3. The number of piperidine rings is 1. The van der Waals surface area contributed by atoms with E-state index in [1.165, 1.54) is 16.9 Å². The lowest BCUT2D eigenvalue weighted by molar-refractivity contribution is 0.218. The van der Waals surface area contributed by atoms with Crippen LogP contribution < -0.4 is 0 Å². The maximum absolute atomic E-state index is 9.34. The Balaban J connectivity index is 1.54. The van der Waals surface area contributed by atoms with Crippen LogP contribution in [0.25, 0.3) is 0 Å². The van der Waals surface area contributed by atoms with Crippen molar-refractivity contribution in [3.63, 3.8) is 0 Å². The van der Waals surface area contributed by atoms with Crippen molar-refractivity contribution in [2.75, 3.05) is 25.9 Å². The molecule has 0 aromatic heterocycles. The number of nitrogens with zero attached hydrogens (tertiary/aromatic N) is 2. The SMILES string of the molecule is CSC1(C#N)CCN(CC2Cc3ccccc3S2)CC1. The molecule has 0 aliphatic carbocycles. The van der Waals surface area contributed by atoms with Gasteiger partial charge in [-0.15, -0.1) is 23.5 Å². The van der Waals surface area contributed by atoms with Crippen molar-refractivity contribution >= 4 is 23.5 Å². The van der Waals surface area contributed by atoms with Gasteiger partial charge in [-0.3, -0.25) is 0 Å². The number of thioether (sulfide) groups is 2. The highest BCUT2D eigenvalue weighted by Gasteiger charge is 2.35. The summed E-state index contributed by atoms with van der Waals surface area (Å²) in [5, 5.41) is 10.0. The molecule has 2 aliphatic heterocycles.